The predicted octanol–water partition coefficient (Wildman–Crippen LogP) is 5.46. The zero-order valence-corrected chi connectivity index (χ0v) is 12.3. The van der Waals surface area contributed by atoms with Crippen molar-refractivity contribution in [2.45, 2.75) is 52.4 Å². The second-order valence-electron chi connectivity index (χ2n) is 5.53. The molecule has 1 aromatic rings. The summed E-state index contributed by atoms with van der Waals surface area (Å²) >= 11 is 0. The Balaban J connectivity index is 1.95. The van der Waals surface area contributed by atoms with E-state index < -0.39 is 0 Å². The second-order valence-corrected chi connectivity index (χ2v) is 5.53. The van der Waals surface area contributed by atoms with E-state index in [4.69, 9.17) is 4.74 Å². The van der Waals surface area contributed by atoms with Crippen molar-refractivity contribution >= 4 is 5.57 Å². The Labute approximate surface area is 117 Å². The van der Waals surface area contributed by atoms with E-state index in [0.29, 0.717) is 0 Å². The van der Waals surface area contributed by atoms with Gasteiger partial charge in [-0.05, 0) is 54.9 Å². The van der Waals surface area contributed by atoms with Gasteiger partial charge in [0, 0.05) is 0 Å². The summed E-state index contributed by atoms with van der Waals surface area (Å²) in [6.07, 6.45) is 10.1. The lowest BCUT2D eigenvalue weighted by Crippen LogP contribution is -2.05. The molecule has 1 atom stereocenters. The summed E-state index contributed by atoms with van der Waals surface area (Å²) in [5.74, 6) is 1.91. The first-order chi connectivity index (χ1) is 9.33. The van der Waals surface area contributed by atoms with E-state index in [9.17, 15) is 0 Å². The van der Waals surface area contributed by atoms with Crippen molar-refractivity contribution in [2.24, 2.45) is 5.92 Å². The number of allylic oxidation sites excluding steroid dienone is 2. The summed E-state index contributed by atoms with van der Waals surface area (Å²) in [4.78, 5) is 0. The van der Waals surface area contributed by atoms with Gasteiger partial charge in [0.05, 0.1) is 6.61 Å². The van der Waals surface area contributed by atoms with E-state index in [2.05, 4.69) is 44.2 Å². The molecule has 0 spiro atoms. The molecule has 1 aliphatic rings. The van der Waals surface area contributed by atoms with Gasteiger partial charge in [-0.15, -0.1) is 0 Å². The van der Waals surface area contributed by atoms with E-state index in [1.807, 2.05) is 0 Å². The van der Waals surface area contributed by atoms with Gasteiger partial charge in [-0.25, -0.2) is 0 Å². The molecule has 1 aliphatic carbocycles. The standard InChI is InChI=1S/C18H26O/c1-3-5-15-6-8-16(9-7-15)17-10-12-18(13-11-17)19-14-4-2/h8,10-13,15H,3-7,9,14H2,1-2H3. The highest BCUT2D eigenvalue weighted by Crippen LogP contribution is 2.32. The maximum Gasteiger partial charge on any atom is 0.119 e. The van der Waals surface area contributed by atoms with Crippen LogP contribution >= 0.6 is 0 Å². The normalized spacial score (nSPS) is 19.1. The highest BCUT2D eigenvalue weighted by molar-refractivity contribution is 5.66. The SMILES string of the molecule is CCCOc1ccc(C2=CCC(CCC)CC2)cc1. The highest BCUT2D eigenvalue weighted by Gasteiger charge is 2.14. The van der Waals surface area contributed by atoms with Gasteiger partial charge < -0.3 is 4.74 Å². The quantitative estimate of drug-likeness (QED) is 0.658. The zero-order valence-electron chi connectivity index (χ0n) is 12.3. The zero-order chi connectivity index (χ0) is 13.5. The first kappa shape index (κ1) is 14.2. The maximum atomic E-state index is 5.63. The maximum absolute atomic E-state index is 5.63. The lowest BCUT2D eigenvalue weighted by molar-refractivity contribution is 0.317. The van der Waals surface area contributed by atoms with Crippen molar-refractivity contribution < 1.29 is 4.74 Å². The van der Waals surface area contributed by atoms with Crippen LogP contribution in [-0.2, 0) is 0 Å². The Kier molecular flexibility index (Phi) is 5.50. The smallest absolute Gasteiger partial charge is 0.119 e. The fourth-order valence-corrected chi connectivity index (χ4v) is 2.81. The first-order valence-electron chi connectivity index (χ1n) is 7.75. The summed E-state index contributed by atoms with van der Waals surface area (Å²) < 4.78 is 5.63. The number of benzene rings is 1. The Morgan fingerprint density at radius 2 is 1.89 bits per heavy atom. The van der Waals surface area contributed by atoms with Crippen LogP contribution in [0.2, 0.25) is 0 Å². The van der Waals surface area contributed by atoms with E-state index in [1.165, 1.54) is 43.2 Å². The van der Waals surface area contributed by atoms with Crippen LogP contribution in [0.4, 0.5) is 0 Å². The second kappa shape index (κ2) is 7.37. The van der Waals surface area contributed by atoms with Gasteiger partial charge in [0.25, 0.3) is 0 Å². The molecule has 1 heteroatoms. The molecule has 0 heterocycles. The molecular formula is C18H26O. The minimum Gasteiger partial charge on any atom is -0.494 e. The molecule has 0 saturated heterocycles. The van der Waals surface area contributed by atoms with Crippen molar-refractivity contribution in [3.8, 4) is 5.75 Å². The third-order valence-electron chi connectivity index (χ3n) is 3.91. The minimum absolute atomic E-state index is 0.806. The van der Waals surface area contributed by atoms with Gasteiger partial charge >= 0.3 is 0 Å². The largest absolute Gasteiger partial charge is 0.494 e. The van der Waals surface area contributed by atoms with Gasteiger partial charge in [-0.3, -0.25) is 0 Å². The van der Waals surface area contributed by atoms with Crippen molar-refractivity contribution in [1.82, 2.24) is 0 Å². The highest BCUT2D eigenvalue weighted by atomic mass is 16.5. The van der Waals surface area contributed by atoms with Crippen LogP contribution < -0.4 is 4.74 Å². The Bertz CT molecular complexity index is 402. The molecule has 1 aromatic carbocycles. The summed E-state index contributed by atoms with van der Waals surface area (Å²) in [5, 5.41) is 0. The molecule has 1 nitrogen and oxygen atoms in total. The minimum atomic E-state index is 0.806. The number of hydrogen-bond acceptors (Lipinski definition) is 1. The van der Waals surface area contributed by atoms with E-state index >= 15 is 0 Å². The van der Waals surface area contributed by atoms with Crippen LogP contribution in [0, 0.1) is 5.92 Å². The molecule has 0 N–H and O–H groups in total. The monoisotopic (exact) mass is 258 g/mol. The molecule has 1 unspecified atom stereocenters. The average molecular weight is 258 g/mol. The van der Waals surface area contributed by atoms with Gasteiger partial charge in [-0.2, -0.15) is 0 Å². The third kappa shape index (κ3) is 4.12. The van der Waals surface area contributed by atoms with Crippen LogP contribution in [0.1, 0.15) is 57.9 Å². The van der Waals surface area contributed by atoms with Gasteiger partial charge in [0.1, 0.15) is 5.75 Å². The van der Waals surface area contributed by atoms with Gasteiger partial charge in [0.15, 0.2) is 0 Å². The molecule has 0 fully saturated rings. The van der Waals surface area contributed by atoms with E-state index in [0.717, 1.165) is 24.7 Å². The Morgan fingerprint density at radius 1 is 1.11 bits per heavy atom. The molecule has 2 rings (SSSR count). The first-order valence-corrected chi connectivity index (χ1v) is 7.75. The Hall–Kier alpha value is -1.24. The van der Waals surface area contributed by atoms with Crippen LogP contribution in [-0.4, -0.2) is 6.61 Å². The van der Waals surface area contributed by atoms with Crippen LogP contribution in [0.15, 0.2) is 30.3 Å². The topological polar surface area (TPSA) is 9.23 Å². The van der Waals surface area contributed by atoms with Crippen molar-refractivity contribution in [1.29, 1.82) is 0 Å². The van der Waals surface area contributed by atoms with Gasteiger partial charge in [0.2, 0.25) is 0 Å². The van der Waals surface area contributed by atoms with Crippen LogP contribution in [0.25, 0.3) is 5.57 Å². The number of ether oxygens (including phenoxy) is 1. The van der Waals surface area contributed by atoms with Crippen LogP contribution in [0.5, 0.6) is 5.75 Å². The molecule has 0 radical (unpaired) electrons. The summed E-state index contributed by atoms with van der Waals surface area (Å²) in [7, 11) is 0. The number of rotatable bonds is 6. The summed E-state index contributed by atoms with van der Waals surface area (Å²) in [5.41, 5.74) is 2.90. The molecule has 0 aliphatic heterocycles. The molecule has 104 valence electrons. The third-order valence-corrected chi connectivity index (χ3v) is 3.91. The lowest BCUT2D eigenvalue weighted by atomic mass is 9.84. The fraction of sp³-hybridized carbons (Fsp3) is 0.556. The number of hydrogen-bond donors (Lipinski definition) is 0. The van der Waals surface area contributed by atoms with Crippen molar-refractivity contribution in [2.75, 3.05) is 6.61 Å². The van der Waals surface area contributed by atoms with Crippen LogP contribution in [0.3, 0.4) is 0 Å². The summed E-state index contributed by atoms with van der Waals surface area (Å²) in [6.45, 7) is 5.23. The fourth-order valence-electron chi connectivity index (χ4n) is 2.81. The summed E-state index contributed by atoms with van der Waals surface area (Å²) in [6, 6.07) is 8.61. The van der Waals surface area contributed by atoms with E-state index in [1.54, 1.807) is 0 Å². The van der Waals surface area contributed by atoms with Crippen molar-refractivity contribution in [3.05, 3.63) is 35.9 Å². The molecule has 0 bridgehead atoms. The molecule has 0 amide bonds. The molecule has 0 saturated carbocycles. The Morgan fingerprint density at radius 3 is 2.47 bits per heavy atom. The van der Waals surface area contributed by atoms with E-state index in [-0.39, 0.29) is 0 Å². The predicted molar refractivity (Wildman–Crippen MR) is 82.5 cm³/mol. The van der Waals surface area contributed by atoms with Gasteiger partial charge in [-0.1, -0.05) is 44.9 Å². The van der Waals surface area contributed by atoms with Crippen molar-refractivity contribution in [3.63, 3.8) is 0 Å². The molecule has 19 heavy (non-hydrogen) atoms. The molecular weight excluding hydrogens is 232 g/mol. The average Bonchev–Trinajstić information content (AvgIpc) is 2.47. The lowest BCUT2D eigenvalue weighted by Gasteiger charge is -2.21. The molecule has 0 aromatic heterocycles.